The van der Waals surface area contributed by atoms with Crippen LogP contribution in [0, 0.1) is 11.6 Å². The maximum Gasteiger partial charge on any atom is 0.140 e. The van der Waals surface area contributed by atoms with Crippen molar-refractivity contribution >= 4 is 11.8 Å². The summed E-state index contributed by atoms with van der Waals surface area (Å²) in [6, 6.07) is 10.8. The second-order valence-electron chi connectivity index (χ2n) is 4.17. The summed E-state index contributed by atoms with van der Waals surface area (Å²) < 4.78 is 26.3. The lowest BCUT2D eigenvalue weighted by Crippen LogP contribution is -1.94. The van der Waals surface area contributed by atoms with Crippen LogP contribution in [-0.4, -0.2) is 5.11 Å². The first kappa shape index (κ1) is 14.0. The molecule has 2 aromatic carbocycles. The molecule has 0 amide bonds. The van der Waals surface area contributed by atoms with Gasteiger partial charge >= 0.3 is 0 Å². The molecule has 1 N–H and O–H groups in total. The van der Waals surface area contributed by atoms with E-state index in [0.717, 1.165) is 16.5 Å². The van der Waals surface area contributed by atoms with Gasteiger partial charge in [0.2, 0.25) is 0 Å². The number of benzene rings is 2. The zero-order chi connectivity index (χ0) is 13.8. The van der Waals surface area contributed by atoms with E-state index in [0.29, 0.717) is 11.3 Å². The highest BCUT2D eigenvalue weighted by atomic mass is 32.2. The zero-order valence-corrected chi connectivity index (χ0v) is 11.3. The first-order valence-corrected chi connectivity index (χ1v) is 6.82. The molecular weight excluding hydrogens is 266 g/mol. The molecule has 0 radical (unpaired) electrons. The van der Waals surface area contributed by atoms with Crippen molar-refractivity contribution in [3.05, 3.63) is 59.7 Å². The van der Waals surface area contributed by atoms with E-state index in [1.807, 2.05) is 31.2 Å². The molecule has 0 aliphatic rings. The minimum Gasteiger partial charge on any atom is -0.388 e. The van der Waals surface area contributed by atoms with Crippen LogP contribution in [-0.2, 0) is 0 Å². The Hall–Kier alpha value is -1.39. The van der Waals surface area contributed by atoms with Gasteiger partial charge in [0.15, 0.2) is 0 Å². The van der Waals surface area contributed by atoms with E-state index in [-0.39, 0.29) is 0 Å². The molecule has 0 aliphatic heterocycles. The second kappa shape index (κ2) is 6.17. The van der Waals surface area contributed by atoms with Gasteiger partial charge in [-0.3, -0.25) is 0 Å². The van der Waals surface area contributed by atoms with Gasteiger partial charge in [0.25, 0.3) is 0 Å². The zero-order valence-electron chi connectivity index (χ0n) is 10.4. The first-order valence-electron chi connectivity index (χ1n) is 6.01. The molecule has 2 aromatic rings. The molecule has 0 spiro atoms. The van der Waals surface area contributed by atoms with E-state index in [1.165, 1.54) is 23.9 Å². The molecule has 0 fully saturated rings. The lowest BCUT2D eigenvalue weighted by Gasteiger charge is -2.09. The molecule has 1 nitrogen and oxygen atoms in total. The van der Waals surface area contributed by atoms with Crippen molar-refractivity contribution in [1.29, 1.82) is 0 Å². The van der Waals surface area contributed by atoms with E-state index < -0.39 is 17.7 Å². The van der Waals surface area contributed by atoms with Gasteiger partial charge in [-0.05, 0) is 36.2 Å². The number of aliphatic hydroxyl groups excluding tert-OH is 1. The smallest absolute Gasteiger partial charge is 0.140 e. The maximum atomic E-state index is 13.5. The highest BCUT2D eigenvalue weighted by Gasteiger charge is 2.07. The van der Waals surface area contributed by atoms with Crippen LogP contribution in [0.4, 0.5) is 8.78 Å². The third kappa shape index (κ3) is 3.55. The lowest BCUT2D eigenvalue weighted by atomic mass is 10.1. The topological polar surface area (TPSA) is 20.2 Å². The van der Waals surface area contributed by atoms with Gasteiger partial charge in [0.1, 0.15) is 11.6 Å². The standard InChI is InChI=1S/C15H14F2OS/c1-2-14(18)10-3-6-12(7-4-10)19-15-8-5-11(16)9-13(15)17/h3-9,14,18H,2H2,1H3/t14-/m0/s1. The highest BCUT2D eigenvalue weighted by molar-refractivity contribution is 7.99. The molecule has 100 valence electrons. The quantitative estimate of drug-likeness (QED) is 0.886. The second-order valence-corrected chi connectivity index (χ2v) is 5.29. The Morgan fingerprint density at radius 2 is 1.79 bits per heavy atom. The third-order valence-electron chi connectivity index (χ3n) is 2.77. The Morgan fingerprint density at radius 3 is 2.37 bits per heavy atom. The molecule has 0 saturated carbocycles. The number of rotatable bonds is 4. The number of halogens is 2. The Labute approximate surface area is 115 Å². The van der Waals surface area contributed by atoms with Gasteiger partial charge in [-0.1, -0.05) is 30.8 Å². The lowest BCUT2D eigenvalue weighted by molar-refractivity contribution is 0.173. The Morgan fingerprint density at radius 1 is 1.11 bits per heavy atom. The first-order chi connectivity index (χ1) is 9.10. The molecule has 0 saturated heterocycles. The minimum atomic E-state index is -0.580. The summed E-state index contributed by atoms with van der Waals surface area (Å²) in [6.07, 6.45) is 0.181. The fourth-order valence-corrected chi connectivity index (χ4v) is 2.50. The molecule has 0 heterocycles. The van der Waals surface area contributed by atoms with Gasteiger partial charge in [0.05, 0.1) is 6.10 Å². The molecule has 1 atom stereocenters. The predicted octanol–water partition coefficient (Wildman–Crippen LogP) is 4.56. The van der Waals surface area contributed by atoms with Crippen LogP contribution in [0.2, 0.25) is 0 Å². The highest BCUT2D eigenvalue weighted by Crippen LogP contribution is 2.31. The Balaban J connectivity index is 2.15. The molecule has 0 aromatic heterocycles. The molecule has 2 rings (SSSR count). The summed E-state index contributed by atoms with van der Waals surface area (Å²) in [5, 5.41) is 9.68. The van der Waals surface area contributed by atoms with Crippen molar-refractivity contribution in [2.24, 2.45) is 0 Å². The van der Waals surface area contributed by atoms with Gasteiger partial charge in [-0.15, -0.1) is 0 Å². The largest absolute Gasteiger partial charge is 0.388 e. The van der Waals surface area contributed by atoms with Crippen molar-refractivity contribution < 1.29 is 13.9 Å². The van der Waals surface area contributed by atoms with Crippen molar-refractivity contribution in [1.82, 2.24) is 0 Å². The minimum absolute atomic E-state index is 0.380. The summed E-state index contributed by atoms with van der Waals surface area (Å²) in [5.41, 5.74) is 0.839. The SMILES string of the molecule is CC[C@H](O)c1ccc(Sc2ccc(F)cc2F)cc1. The number of hydrogen-bond acceptors (Lipinski definition) is 2. The molecular formula is C15H14F2OS. The average molecular weight is 280 g/mol. The molecule has 0 aliphatic carbocycles. The fourth-order valence-electron chi connectivity index (χ4n) is 1.68. The van der Waals surface area contributed by atoms with Crippen LogP contribution >= 0.6 is 11.8 Å². The summed E-state index contributed by atoms with van der Waals surface area (Å²) in [4.78, 5) is 1.22. The Kier molecular flexibility index (Phi) is 4.56. The normalized spacial score (nSPS) is 12.4. The van der Waals surface area contributed by atoms with E-state index in [9.17, 15) is 13.9 Å². The Bertz CT molecular complexity index is 555. The monoisotopic (exact) mass is 280 g/mol. The van der Waals surface area contributed by atoms with Crippen LogP contribution in [0.25, 0.3) is 0 Å². The van der Waals surface area contributed by atoms with Crippen molar-refractivity contribution in [3.8, 4) is 0 Å². The van der Waals surface area contributed by atoms with Crippen molar-refractivity contribution in [2.45, 2.75) is 29.2 Å². The molecule has 0 bridgehead atoms. The summed E-state index contributed by atoms with van der Waals surface area (Å²) in [5.74, 6) is -1.15. The third-order valence-corrected chi connectivity index (χ3v) is 3.83. The van der Waals surface area contributed by atoms with Crippen molar-refractivity contribution in [2.75, 3.05) is 0 Å². The van der Waals surface area contributed by atoms with Gasteiger partial charge in [-0.25, -0.2) is 8.78 Å². The van der Waals surface area contributed by atoms with Crippen LogP contribution in [0.3, 0.4) is 0 Å². The van der Waals surface area contributed by atoms with Gasteiger partial charge in [-0.2, -0.15) is 0 Å². The molecule has 0 unspecified atom stereocenters. The van der Waals surface area contributed by atoms with E-state index in [4.69, 9.17) is 0 Å². The fraction of sp³-hybridized carbons (Fsp3) is 0.200. The average Bonchev–Trinajstić information content (AvgIpc) is 2.42. The van der Waals surface area contributed by atoms with E-state index in [2.05, 4.69) is 0 Å². The number of aliphatic hydroxyl groups is 1. The van der Waals surface area contributed by atoms with E-state index in [1.54, 1.807) is 0 Å². The van der Waals surface area contributed by atoms with Crippen LogP contribution in [0.5, 0.6) is 0 Å². The van der Waals surface area contributed by atoms with Gasteiger partial charge in [0, 0.05) is 15.9 Å². The van der Waals surface area contributed by atoms with Crippen molar-refractivity contribution in [3.63, 3.8) is 0 Å². The van der Waals surface area contributed by atoms with E-state index >= 15 is 0 Å². The van der Waals surface area contributed by atoms with Crippen LogP contribution in [0.15, 0.2) is 52.3 Å². The van der Waals surface area contributed by atoms with Gasteiger partial charge < -0.3 is 5.11 Å². The van der Waals surface area contributed by atoms with Crippen LogP contribution < -0.4 is 0 Å². The number of hydrogen-bond donors (Lipinski definition) is 1. The molecule has 19 heavy (non-hydrogen) atoms. The summed E-state index contributed by atoms with van der Waals surface area (Å²) in [7, 11) is 0. The summed E-state index contributed by atoms with van der Waals surface area (Å²) >= 11 is 1.23. The predicted molar refractivity (Wildman–Crippen MR) is 72.2 cm³/mol. The summed E-state index contributed by atoms with van der Waals surface area (Å²) in [6.45, 7) is 1.90. The van der Waals surface area contributed by atoms with Crippen LogP contribution in [0.1, 0.15) is 25.0 Å². The maximum absolute atomic E-state index is 13.5. The molecule has 4 heteroatoms.